The van der Waals surface area contributed by atoms with Gasteiger partial charge < -0.3 is 10.2 Å². The minimum atomic E-state index is 0.465. The molecule has 0 aliphatic heterocycles. The van der Waals surface area contributed by atoms with E-state index < -0.39 is 0 Å². The van der Waals surface area contributed by atoms with Crippen LogP contribution in [0.4, 0.5) is 5.69 Å². The van der Waals surface area contributed by atoms with Crippen LogP contribution in [0.1, 0.15) is 40.2 Å². The lowest BCUT2D eigenvalue weighted by Gasteiger charge is -2.28. The van der Waals surface area contributed by atoms with Crippen LogP contribution in [0.2, 0.25) is 5.02 Å². The van der Waals surface area contributed by atoms with Gasteiger partial charge in [0.1, 0.15) is 0 Å². The van der Waals surface area contributed by atoms with Crippen molar-refractivity contribution in [3.8, 4) is 0 Å². The summed E-state index contributed by atoms with van der Waals surface area (Å²) in [5.74, 6) is 0.672. The van der Waals surface area contributed by atoms with Gasteiger partial charge in [-0.25, -0.2) is 0 Å². The van der Waals surface area contributed by atoms with Gasteiger partial charge in [0.05, 0.1) is 10.7 Å². The average molecular weight is 283 g/mol. The van der Waals surface area contributed by atoms with E-state index in [4.69, 9.17) is 11.6 Å². The minimum absolute atomic E-state index is 0.465. The van der Waals surface area contributed by atoms with Crippen molar-refractivity contribution in [2.24, 2.45) is 5.92 Å². The molecule has 0 amide bonds. The molecule has 0 heterocycles. The lowest BCUT2D eigenvalue weighted by atomic mass is 10.1. The molecule has 0 atom stereocenters. The van der Waals surface area contributed by atoms with Crippen molar-refractivity contribution in [3.05, 3.63) is 28.8 Å². The van der Waals surface area contributed by atoms with Crippen LogP contribution in [0.15, 0.2) is 18.2 Å². The summed E-state index contributed by atoms with van der Waals surface area (Å²) in [6, 6.07) is 6.85. The summed E-state index contributed by atoms with van der Waals surface area (Å²) in [6.45, 7) is 13.9. The van der Waals surface area contributed by atoms with E-state index in [-0.39, 0.29) is 0 Å². The van der Waals surface area contributed by atoms with Gasteiger partial charge in [-0.1, -0.05) is 31.5 Å². The van der Waals surface area contributed by atoms with Crippen molar-refractivity contribution in [3.63, 3.8) is 0 Å². The maximum absolute atomic E-state index is 6.42. The number of rotatable bonds is 7. The molecule has 0 bridgehead atoms. The molecule has 108 valence electrons. The molecule has 19 heavy (non-hydrogen) atoms. The molecular weight excluding hydrogens is 256 g/mol. The lowest BCUT2D eigenvalue weighted by Crippen LogP contribution is -2.30. The van der Waals surface area contributed by atoms with E-state index >= 15 is 0 Å². The summed E-state index contributed by atoms with van der Waals surface area (Å²) in [6.07, 6.45) is 0. The molecule has 0 saturated heterocycles. The Hall–Kier alpha value is -0.730. The number of nitrogens with zero attached hydrogens (tertiary/aromatic N) is 1. The number of hydrogen-bond acceptors (Lipinski definition) is 2. The number of hydrogen-bond donors (Lipinski definition) is 1. The van der Waals surface area contributed by atoms with Gasteiger partial charge in [-0.2, -0.15) is 0 Å². The van der Waals surface area contributed by atoms with Gasteiger partial charge in [0.2, 0.25) is 0 Å². The fraction of sp³-hybridized carbons (Fsp3) is 0.625. The van der Waals surface area contributed by atoms with Crippen LogP contribution in [-0.2, 0) is 6.54 Å². The van der Waals surface area contributed by atoms with Gasteiger partial charge >= 0.3 is 0 Å². The molecule has 0 unspecified atom stereocenters. The highest BCUT2D eigenvalue weighted by atomic mass is 35.5. The number of halogens is 1. The Morgan fingerprint density at radius 2 is 1.89 bits per heavy atom. The maximum Gasteiger partial charge on any atom is 0.0642 e. The summed E-state index contributed by atoms with van der Waals surface area (Å²) in [4.78, 5) is 2.31. The van der Waals surface area contributed by atoms with E-state index in [2.05, 4.69) is 63.0 Å². The molecule has 2 nitrogen and oxygen atoms in total. The topological polar surface area (TPSA) is 15.3 Å². The highest BCUT2D eigenvalue weighted by Gasteiger charge is 2.12. The summed E-state index contributed by atoms with van der Waals surface area (Å²) < 4.78 is 0. The standard InChI is InChI=1S/C16H27ClN2/c1-6-19(13(4)5)16-8-7-14(9-15(16)17)11-18-10-12(2)3/h7-9,12-13,18H,6,10-11H2,1-5H3. The second-order valence-corrected chi connectivity index (χ2v) is 6.10. The van der Waals surface area contributed by atoms with E-state index in [1.165, 1.54) is 5.56 Å². The van der Waals surface area contributed by atoms with Gasteiger partial charge in [-0.3, -0.25) is 0 Å². The van der Waals surface area contributed by atoms with Gasteiger partial charge in [0.25, 0.3) is 0 Å². The van der Waals surface area contributed by atoms with Gasteiger partial charge in [-0.15, -0.1) is 0 Å². The first-order valence-corrected chi connectivity index (χ1v) is 7.59. The van der Waals surface area contributed by atoms with Crippen molar-refractivity contribution in [2.75, 3.05) is 18.0 Å². The quantitative estimate of drug-likeness (QED) is 0.801. The van der Waals surface area contributed by atoms with Gasteiger partial charge in [0, 0.05) is 19.1 Å². The molecule has 1 rings (SSSR count). The molecule has 3 heteroatoms. The Bertz CT molecular complexity index is 388. The third kappa shape index (κ3) is 5.04. The van der Waals surface area contributed by atoms with Crippen LogP contribution in [0.25, 0.3) is 0 Å². The molecule has 1 aromatic carbocycles. The monoisotopic (exact) mass is 282 g/mol. The largest absolute Gasteiger partial charge is 0.368 e. The van der Waals surface area contributed by atoms with Crippen molar-refractivity contribution >= 4 is 17.3 Å². The predicted octanol–water partition coefficient (Wildman–Crippen LogP) is 4.32. The molecular formula is C16H27ClN2. The Morgan fingerprint density at radius 3 is 2.37 bits per heavy atom. The van der Waals surface area contributed by atoms with Crippen LogP contribution in [-0.4, -0.2) is 19.1 Å². The van der Waals surface area contributed by atoms with E-state index in [0.29, 0.717) is 12.0 Å². The fourth-order valence-electron chi connectivity index (χ4n) is 2.21. The highest BCUT2D eigenvalue weighted by Crippen LogP contribution is 2.28. The Balaban J connectivity index is 2.74. The summed E-state index contributed by atoms with van der Waals surface area (Å²) in [7, 11) is 0. The Morgan fingerprint density at radius 1 is 1.21 bits per heavy atom. The van der Waals surface area contributed by atoms with E-state index in [0.717, 1.165) is 30.3 Å². The smallest absolute Gasteiger partial charge is 0.0642 e. The molecule has 0 spiro atoms. The highest BCUT2D eigenvalue weighted by molar-refractivity contribution is 6.33. The van der Waals surface area contributed by atoms with Crippen LogP contribution >= 0.6 is 11.6 Å². The normalized spacial score (nSPS) is 11.4. The van der Waals surface area contributed by atoms with Gasteiger partial charge in [0.15, 0.2) is 0 Å². The Kier molecular flexibility index (Phi) is 6.67. The van der Waals surface area contributed by atoms with Crippen LogP contribution in [0.3, 0.4) is 0 Å². The molecule has 1 aromatic rings. The molecule has 1 N–H and O–H groups in total. The average Bonchev–Trinajstić information content (AvgIpc) is 2.31. The first kappa shape index (κ1) is 16.3. The second kappa shape index (κ2) is 7.76. The maximum atomic E-state index is 6.42. The lowest BCUT2D eigenvalue weighted by molar-refractivity contribution is 0.552. The minimum Gasteiger partial charge on any atom is -0.368 e. The molecule has 0 fully saturated rings. The predicted molar refractivity (Wildman–Crippen MR) is 86.2 cm³/mol. The SMILES string of the molecule is CCN(c1ccc(CNCC(C)C)cc1Cl)C(C)C. The van der Waals surface area contributed by atoms with Crippen molar-refractivity contribution in [1.29, 1.82) is 0 Å². The van der Waals surface area contributed by atoms with E-state index in [1.54, 1.807) is 0 Å². The first-order valence-electron chi connectivity index (χ1n) is 7.21. The van der Waals surface area contributed by atoms with Gasteiger partial charge in [-0.05, 0) is 50.9 Å². The zero-order valence-corrected chi connectivity index (χ0v) is 13.6. The zero-order valence-electron chi connectivity index (χ0n) is 12.8. The number of nitrogens with one attached hydrogen (secondary N) is 1. The first-order chi connectivity index (χ1) is 8.95. The van der Waals surface area contributed by atoms with Crippen molar-refractivity contribution < 1.29 is 0 Å². The van der Waals surface area contributed by atoms with E-state index in [1.807, 2.05) is 0 Å². The van der Waals surface area contributed by atoms with Crippen LogP contribution in [0.5, 0.6) is 0 Å². The Labute approximate surface area is 123 Å². The van der Waals surface area contributed by atoms with Crippen molar-refractivity contribution in [1.82, 2.24) is 5.32 Å². The molecule has 0 aromatic heterocycles. The molecule has 0 radical (unpaired) electrons. The summed E-state index contributed by atoms with van der Waals surface area (Å²) in [5.41, 5.74) is 2.38. The number of anilines is 1. The summed E-state index contributed by atoms with van der Waals surface area (Å²) >= 11 is 6.42. The third-order valence-electron chi connectivity index (χ3n) is 3.17. The second-order valence-electron chi connectivity index (χ2n) is 5.69. The van der Waals surface area contributed by atoms with Crippen LogP contribution < -0.4 is 10.2 Å². The fourth-order valence-corrected chi connectivity index (χ4v) is 2.52. The third-order valence-corrected chi connectivity index (χ3v) is 3.47. The van der Waals surface area contributed by atoms with Crippen molar-refractivity contribution in [2.45, 2.75) is 47.2 Å². The molecule has 0 aliphatic carbocycles. The summed E-state index contributed by atoms with van der Waals surface area (Å²) in [5, 5.41) is 4.29. The number of benzene rings is 1. The molecule has 0 aliphatic rings. The zero-order chi connectivity index (χ0) is 14.4. The molecule has 0 saturated carbocycles. The van der Waals surface area contributed by atoms with E-state index in [9.17, 15) is 0 Å². The van der Waals surface area contributed by atoms with Crippen LogP contribution in [0, 0.1) is 5.92 Å².